The first-order valence-electron chi connectivity index (χ1n) is 6.86. The predicted octanol–water partition coefficient (Wildman–Crippen LogP) is 1.67. The van der Waals surface area contributed by atoms with Crippen molar-refractivity contribution in [3.63, 3.8) is 0 Å². The maximum absolute atomic E-state index is 12.5. The van der Waals surface area contributed by atoms with E-state index in [9.17, 15) is 23.1 Å². The minimum absolute atomic E-state index is 0.0483. The highest BCUT2D eigenvalue weighted by Crippen LogP contribution is 2.23. The molecule has 0 spiro atoms. The lowest BCUT2D eigenvalue weighted by Gasteiger charge is -2.12. The zero-order valence-electron chi connectivity index (χ0n) is 12.2. The Hall–Kier alpha value is -3.13. The average Bonchev–Trinajstić information content (AvgIpc) is 2.85. The van der Waals surface area contributed by atoms with Gasteiger partial charge in [-0.05, 0) is 35.9 Å². The van der Waals surface area contributed by atoms with Crippen LogP contribution in [0.5, 0.6) is 5.75 Å². The molecule has 0 aromatic heterocycles. The summed E-state index contributed by atoms with van der Waals surface area (Å²) in [6.45, 7) is 0. The minimum Gasteiger partial charge on any atom is -0.508 e. The summed E-state index contributed by atoms with van der Waals surface area (Å²) in [6.07, 6.45) is 1.33. The van der Waals surface area contributed by atoms with Gasteiger partial charge >= 0.3 is 6.03 Å². The van der Waals surface area contributed by atoms with Crippen LogP contribution in [0.3, 0.4) is 0 Å². The molecule has 122 valence electrons. The van der Waals surface area contributed by atoms with Gasteiger partial charge in [0.25, 0.3) is 15.9 Å². The lowest BCUT2D eigenvalue weighted by atomic mass is 10.2. The van der Waals surface area contributed by atoms with Crippen molar-refractivity contribution in [1.82, 2.24) is 9.62 Å². The number of amides is 3. The van der Waals surface area contributed by atoms with E-state index in [2.05, 4.69) is 5.32 Å². The van der Waals surface area contributed by atoms with Crippen LogP contribution >= 0.6 is 0 Å². The molecule has 0 radical (unpaired) electrons. The number of nitrogens with zero attached hydrogens (tertiary/aromatic N) is 1. The number of carbonyl (C=O) groups is 2. The molecule has 2 N–H and O–H groups in total. The van der Waals surface area contributed by atoms with Crippen molar-refractivity contribution < 1.29 is 23.1 Å². The van der Waals surface area contributed by atoms with Crippen LogP contribution in [0.15, 0.2) is 65.2 Å². The number of phenols is 1. The number of carbonyl (C=O) groups excluding carboxylic acids is 2. The fourth-order valence-corrected chi connectivity index (χ4v) is 3.46. The second-order valence-electron chi connectivity index (χ2n) is 4.97. The number of imide groups is 1. The van der Waals surface area contributed by atoms with Crippen molar-refractivity contribution in [3.05, 3.63) is 65.9 Å². The van der Waals surface area contributed by atoms with E-state index < -0.39 is 22.0 Å². The minimum atomic E-state index is -4.28. The molecule has 0 aliphatic carbocycles. The zero-order chi connectivity index (χ0) is 17.3. The SMILES string of the molecule is O=C1N/C(=C\c2ccc(O)cc2)C(=O)N1S(=O)(=O)c1ccccc1. The molecule has 24 heavy (non-hydrogen) atoms. The topological polar surface area (TPSA) is 104 Å². The molecule has 1 fully saturated rings. The molecule has 1 saturated heterocycles. The summed E-state index contributed by atoms with van der Waals surface area (Å²) < 4.78 is 25.2. The Labute approximate surface area is 137 Å². The molecule has 0 saturated carbocycles. The van der Waals surface area contributed by atoms with Gasteiger partial charge in [-0.3, -0.25) is 4.79 Å². The molecule has 0 atom stereocenters. The Balaban J connectivity index is 1.96. The molecular formula is C16H12N2O5S. The van der Waals surface area contributed by atoms with Crippen molar-refractivity contribution >= 4 is 28.0 Å². The normalized spacial score (nSPS) is 16.5. The first-order valence-corrected chi connectivity index (χ1v) is 8.30. The summed E-state index contributed by atoms with van der Waals surface area (Å²) in [7, 11) is -4.28. The molecule has 7 nitrogen and oxygen atoms in total. The summed E-state index contributed by atoms with van der Waals surface area (Å²) in [5.74, 6) is -0.913. The molecule has 3 rings (SSSR count). The van der Waals surface area contributed by atoms with Crippen molar-refractivity contribution in [1.29, 1.82) is 0 Å². The molecule has 1 heterocycles. The van der Waals surface area contributed by atoms with Gasteiger partial charge < -0.3 is 10.4 Å². The fourth-order valence-electron chi connectivity index (χ4n) is 2.17. The monoisotopic (exact) mass is 344 g/mol. The molecule has 2 aromatic carbocycles. The fraction of sp³-hybridized carbons (Fsp3) is 0. The summed E-state index contributed by atoms with van der Waals surface area (Å²) in [4.78, 5) is 24.2. The second-order valence-corrected chi connectivity index (χ2v) is 6.75. The number of nitrogens with one attached hydrogen (secondary N) is 1. The number of hydrogen-bond acceptors (Lipinski definition) is 5. The van der Waals surface area contributed by atoms with Gasteiger partial charge in [0.2, 0.25) is 0 Å². The molecule has 8 heteroatoms. The highest BCUT2D eigenvalue weighted by Gasteiger charge is 2.43. The molecular weight excluding hydrogens is 332 g/mol. The van der Waals surface area contributed by atoms with Crippen LogP contribution in [0, 0.1) is 0 Å². The van der Waals surface area contributed by atoms with Gasteiger partial charge in [-0.2, -0.15) is 0 Å². The lowest BCUT2D eigenvalue weighted by molar-refractivity contribution is -0.119. The number of aromatic hydroxyl groups is 1. The van der Waals surface area contributed by atoms with E-state index in [0.717, 1.165) is 0 Å². The van der Waals surface area contributed by atoms with Crippen LogP contribution in [0.4, 0.5) is 4.79 Å². The van der Waals surface area contributed by atoms with Crippen LogP contribution in [-0.2, 0) is 14.8 Å². The van der Waals surface area contributed by atoms with E-state index in [1.54, 1.807) is 6.07 Å². The number of hydrogen-bond donors (Lipinski definition) is 2. The van der Waals surface area contributed by atoms with Gasteiger partial charge in [-0.15, -0.1) is 4.31 Å². The maximum Gasteiger partial charge on any atom is 0.343 e. The van der Waals surface area contributed by atoms with Gasteiger partial charge in [-0.1, -0.05) is 30.3 Å². The summed E-state index contributed by atoms with van der Waals surface area (Å²) in [5, 5.41) is 11.5. The second kappa shape index (κ2) is 5.82. The predicted molar refractivity (Wildman–Crippen MR) is 85.1 cm³/mol. The quantitative estimate of drug-likeness (QED) is 0.651. The van der Waals surface area contributed by atoms with E-state index in [1.165, 1.54) is 54.6 Å². The molecule has 1 aliphatic rings. The van der Waals surface area contributed by atoms with E-state index >= 15 is 0 Å². The van der Waals surface area contributed by atoms with Crippen LogP contribution < -0.4 is 5.32 Å². The van der Waals surface area contributed by atoms with Gasteiger partial charge in [0.1, 0.15) is 11.4 Å². The number of benzene rings is 2. The summed E-state index contributed by atoms with van der Waals surface area (Å²) >= 11 is 0. The first kappa shape index (κ1) is 15.8. The third kappa shape index (κ3) is 2.74. The number of urea groups is 1. The van der Waals surface area contributed by atoms with Crippen molar-refractivity contribution in [3.8, 4) is 5.75 Å². The molecule has 0 bridgehead atoms. The molecule has 0 unspecified atom stereocenters. The first-order chi connectivity index (χ1) is 11.4. The summed E-state index contributed by atoms with van der Waals surface area (Å²) in [6, 6.07) is 12.1. The number of sulfonamides is 1. The Morgan fingerprint density at radius 1 is 0.958 bits per heavy atom. The Morgan fingerprint density at radius 3 is 2.21 bits per heavy atom. The van der Waals surface area contributed by atoms with Crippen LogP contribution in [0.2, 0.25) is 0 Å². The molecule has 3 amide bonds. The van der Waals surface area contributed by atoms with E-state index in [-0.39, 0.29) is 20.6 Å². The highest BCUT2D eigenvalue weighted by molar-refractivity contribution is 7.90. The van der Waals surface area contributed by atoms with Gasteiger partial charge in [0, 0.05) is 0 Å². The van der Waals surface area contributed by atoms with Crippen molar-refractivity contribution in [2.24, 2.45) is 0 Å². The van der Waals surface area contributed by atoms with Crippen LogP contribution in [-0.4, -0.2) is 29.8 Å². The van der Waals surface area contributed by atoms with Crippen molar-refractivity contribution in [2.45, 2.75) is 4.90 Å². The van der Waals surface area contributed by atoms with Crippen molar-refractivity contribution in [2.75, 3.05) is 0 Å². The Morgan fingerprint density at radius 2 is 1.58 bits per heavy atom. The third-order valence-corrected chi connectivity index (χ3v) is 5.01. The molecule has 1 aliphatic heterocycles. The van der Waals surface area contributed by atoms with E-state index in [4.69, 9.17) is 0 Å². The van der Waals surface area contributed by atoms with Gasteiger partial charge in [-0.25, -0.2) is 13.2 Å². The lowest BCUT2D eigenvalue weighted by Crippen LogP contribution is -2.36. The largest absolute Gasteiger partial charge is 0.508 e. The van der Waals surface area contributed by atoms with E-state index in [1.807, 2.05) is 0 Å². The summed E-state index contributed by atoms with van der Waals surface area (Å²) in [5.41, 5.74) is 0.362. The maximum atomic E-state index is 12.5. The highest BCUT2D eigenvalue weighted by atomic mass is 32.2. The Kier molecular flexibility index (Phi) is 3.82. The smallest absolute Gasteiger partial charge is 0.343 e. The Bertz CT molecular complexity index is 934. The zero-order valence-corrected chi connectivity index (χ0v) is 13.0. The number of phenolic OH excluding ortho intramolecular Hbond substituents is 1. The van der Waals surface area contributed by atoms with Gasteiger partial charge in [0.05, 0.1) is 4.90 Å². The van der Waals surface area contributed by atoms with Crippen LogP contribution in [0.1, 0.15) is 5.56 Å². The third-order valence-electron chi connectivity index (χ3n) is 3.33. The standard InChI is InChI=1S/C16H12N2O5S/c19-12-8-6-11(7-9-12)10-14-15(20)18(16(21)17-14)24(22,23)13-4-2-1-3-5-13/h1-10,19H,(H,17,21)/b14-10-. The van der Waals surface area contributed by atoms with E-state index in [0.29, 0.717) is 5.56 Å². The molecule has 2 aromatic rings. The van der Waals surface area contributed by atoms with Crippen LogP contribution in [0.25, 0.3) is 6.08 Å². The van der Waals surface area contributed by atoms with Gasteiger partial charge in [0.15, 0.2) is 0 Å². The average molecular weight is 344 g/mol. The number of rotatable bonds is 3.